The van der Waals surface area contributed by atoms with Gasteiger partial charge in [0.2, 0.25) is 0 Å². The van der Waals surface area contributed by atoms with E-state index in [1.54, 1.807) is 12.1 Å². The number of hydrogen-bond acceptors (Lipinski definition) is 4. The van der Waals surface area contributed by atoms with Crippen LogP contribution in [0, 0.1) is 5.82 Å². The monoisotopic (exact) mass is 277 g/mol. The summed E-state index contributed by atoms with van der Waals surface area (Å²) < 4.78 is 13.1. The fraction of sp³-hybridized carbons (Fsp3) is 0.0833. The number of anilines is 1. The van der Waals surface area contributed by atoms with Crippen molar-refractivity contribution in [2.75, 3.05) is 5.73 Å². The molecule has 0 saturated heterocycles. The molecule has 0 atom stereocenters. The normalized spacial score (nSPS) is 11.1. The molecule has 0 radical (unpaired) electrons. The smallest absolute Gasteiger partial charge is 0.186 e. The number of fused-ring (bicyclic) bond motifs is 1. The van der Waals surface area contributed by atoms with Crippen molar-refractivity contribution in [2.45, 2.75) is 6.42 Å². The molecule has 0 aliphatic carbocycles. The zero-order valence-electron chi connectivity index (χ0n) is 9.69. The van der Waals surface area contributed by atoms with E-state index in [9.17, 15) is 4.39 Å². The highest BCUT2D eigenvalue weighted by Gasteiger charge is 2.11. The Morgan fingerprint density at radius 3 is 2.95 bits per heavy atom. The Balaban J connectivity index is 2.03. The van der Waals surface area contributed by atoms with Crippen molar-refractivity contribution in [3.05, 3.63) is 46.6 Å². The molecule has 2 aromatic heterocycles. The van der Waals surface area contributed by atoms with Crippen LogP contribution in [0.1, 0.15) is 11.3 Å². The van der Waals surface area contributed by atoms with E-state index < -0.39 is 5.82 Å². The Kier molecular flexibility index (Phi) is 2.79. The predicted octanol–water partition coefficient (Wildman–Crippen LogP) is 2.32. The van der Waals surface area contributed by atoms with Crippen molar-refractivity contribution in [1.82, 2.24) is 20.2 Å². The van der Waals surface area contributed by atoms with Gasteiger partial charge in [0.25, 0.3) is 0 Å². The molecule has 0 unspecified atom stereocenters. The lowest BCUT2D eigenvalue weighted by Gasteiger charge is -2.02. The third-order valence-electron chi connectivity index (χ3n) is 2.82. The molecule has 0 spiro atoms. The van der Waals surface area contributed by atoms with Crippen molar-refractivity contribution in [3.8, 4) is 0 Å². The molecule has 5 nitrogen and oxygen atoms in total. The molecule has 1 aromatic carbocycles. The van der Waals surface area contributed by atoms with Gasteiger partial charge in [-0.25, -0.2) is 14.4 Å². The molecule has 2 heterocycles. The number of aromatic nitrogens is 4. The number of aromatic amines is 1. The van der Waals surface area contributed by atoms with E-state index in [0.717, 1.165) is 11.3 Å². The van der Waals surface area contributed by atoms with Crippen LogP contribution in [0.3, 0.4) is 0 Å². The Morgan fingerprint density at radius 2 is 2.16 bits per heavy atom. The van der Waals surface area contributed by atoms with E-state index in [2.05, 4.69) is 20.2 Å². The second-order valence-electron chi connectivity index (χ2n) is 4.08. The van der Waals surface area contributed by atoms with E-state index in [1.807, 2.05) is 0 Å². The number of nitrogens with one attached hydrogen (secondary N) is 1. The van der Waals surface area contributed by atoms with Crippen LogP contribution in [0.25, 0.3) is 11.0 Å². The van der Waals surface area contributed by atoms with Crippen LogP contribution in [-0.4, -0.2) is 20.2 Å². The lowest BCUT2D eigenvalue weighted by molar-refractivity contribution is 0.627. The second-order valence-corrected chi connectivity index (χ2v) is 4.49. The summed E-state index contributed by atoms with van der Waals surface area (Å²) in [6, 6.07) is 4.56. The zero-order chi connectivity index (χ0) is 13.4. The van der Waals surface area contributed by atoms with E-state index >= 15 is 0 Å². The molecule has 0 saturated carbocycles. The molecule has 3 N–H and O–H groups in total. The van der Waals surface area contributed by atoms with E-state index in [-0.39, 0.29) is 5.02 Å². The number of nitrogens with two attached hydrogens (primary N) is 1. The van der Waals surface area contributed by atoms with Gasteiger partial charge in [-0.15, -0.1) is 0 Å². The van der Waals surface area contributed by atoms with Gasteiger partial charge in [-0.3, -0.25) is 5.10 Å². The van der Waals surface area contributed by atoms with Gasteiger partial charge < -0.3 is 5.73 Å². The van der Waals surface area contributed by atoms with Gasteiger partial charge in [0, 0.05) is 6.42 Å². The topological polar surface area (TPSA) is 80.5 Å². The molecule has 3 rings (SSSR count). The van der Waals surface area contributed by atoms with Crippen LogP contribution in [0.2, 0.25) is 5.02 Å². The molecule has 3 aromatic rings. The third kappa shape index (κ3) is 2.10. The second kappa shape index (κ2) is 4.47. The molecule has 0 fully saturated rings. The van der Waals surface area contributed by atoms with E-state index in [1.165, 1.54) is 12.4 Å². The Morgan fingerprint density at radius 1 is 1.32 bits per heavy atom. The fourth-order valence-corrected chi connectivity index (χ4v) is 2.12. The maximum Gasteiger partial charge on any atom is 0.186 e. The predicted molar refractivity (Wildman–Crippen MR) is 70.3 cm³/mol. The fourth-order valence-electron chi connectivity index (χ4n) is 1.92. The van der Waals surface area contributed by atoms with Crippen molar-refractivity contribution >= 4 is 28.5 Å². The summed E-state index contributed by atoms with van der Waals surface area (Å²) in [4.78, 5) is 7.95. The first kappa shape index (κ1) is 11.9. The van der Waals surface area contributed by atoms with Gasteiger partial charge >= 0.3 is 0 Å². The van der Waals surface area contributed by atoms with Gasteiger partial charge in [0.05, 0.1) is 16.1 Å². The summed E-state index contributed by atoms with van der Waals surface area (Å²) in [6.45, 7) is 0. The highest BCUT2D eigenvalue weighted by atomic mass is 35.5. The summed E-state index contributed by atoms with van der Waals surface area (Å²) in [5.41, 5.74) is 7.94. The van der Waals surface area contributed by atoms with Crippen LogP contribution in [0.5, 0.6) is 0 Å². The first-order chi connectivity index (χ1) is 9.15. The number of rotatable bonds is 2. The maximum atomic E-state index is 13.1. The summed E-state index contributed by atoms with van der Waals surface area (Å²) in [6.07, 6.45) is 1.85. The van der Waals surface area contributed by atoms with Gasteiger partial charge in [-0.1, -0.05) is 17.7 Å². The van der Waals surface area contributed by atoms with Crippen molar-refractivity contribution < 1.29 is 4.39 Å². The SMILES string of the molecule is Nc1ncnc2n[nH]c(Cc3ccc(F)c(Cl)c3)c12. The molecule has 0 bridgehead atoms. The van der Waals surface area contributed by atoms with Gasteiger partial charge in [0.1, 0.15) is 18.0 Å². The average Bonchev–Trinajstić information content (AvgIpc) is 2.79. The average molecular weight is 278 g/mol. The van der Waals surface area contributed by atoms with Crippen molar-refractivity contribution in [1.29, 1.82) is 0 Å². The highest BCUT2D eigenvalue weighted by molar-refractivity contribution is 6.30. The zero-order valence-corrected chi connectivity index (χ0v) is 10.4. The van der Waals surface area contributed by atoms with Crippen molar-refractivity contribution in [3.63, 3.8) is 0 Å². The molecule has 96 valence electrons. The van der Waals surface area contributed by atoms with Crippen LogP contribution in [0.15, 0.2) is 24.5 Å². The molecule has 0 aliphatic rings. The number of H-pyrrole nitrogens is 1. The number of halogens is 2. The largest absolute Gasteiger partial charge is 0.383 e. The Bertz CT molecular complexity index is 755. The summed E-state index contributed by atoms with van der Waals surface area (Å²) in [5, 5.41) is 7.69. The standard InChI is InChI=1S/C12H9ClFN5/c13-7-3-6(1-2-8(7)14)4-9-10-11(15)16-5-17-12(10)19-18-9/h1-3,5H,4H2,(H3,15,16,17,18,19). The lowest BCUT2D eigenvalue weighted by atomic mass is 10.1. The third-order valence-corrected chi connectivity index (χ3v) is 3.11. The van der Waals surface area contributed by atoms with Crippen LogP contribution in [0.4, 0.5) is 10.2 Å². The highest BCUT2D eigenvalue weighted by Crippen LogP contribution is 2.23. The Hall–Kier alpha value is -2.21. The molecule has 7 heteroatoms. The molecule has 19 heavy (non-hydrogen) atoms. The minimum Gasteiger partial charge on any atom is -0.383 e. The number of nitrogen functional groups attached to an aromatic ring is 1. The van der Waals surface area contributed by atoms with Crippen LogP contribution in [-0.2, 0) is 6.42 Å². The quantitative estimate of drug-likeness (QED) is 0.753. The van der Waals surface area contributed by atoms with Crippen molar-refractivity contribution in [2.24, 2.45) is 0 Å². The molecule has 0 amide bonds. The van der Waals surface area contributed by atoms with Gasteiger partial charge in [0.15, 0.2) is 5.65 Å². The maximum absolute atomic E-state index is 13.1. The number of benzene rings is 1. The summed E-state index contributed by atoms with van der Waals surface area (Å²) in [5.74, 6) is -0.0790. The van der Waals surface area contributed by atoms with E-state index in [4.69, 9.17) is 17.3 Å². The number of hydrogen-bond donors (Lipinski definition) is 2. The van der Waals surface area contributed by atoms with Crippen LogP contribution < -0.4 is 5.73 Å². The van der Waals surface area contributed by atoms with Gasteiger partial charge in [-0.2, -0.15) is 5.10 Å². The minimum absolute atomic E-state index is 0.0885. The van der Waals surface area contributed by atoms with E-state index in [0.29, 0.717) is 23.3 Å². The lowest BCUT2D eigenvalue weighted by Crippen LogP contribution is -1.95. The van der Waals surface area contributed by atoms with Crippen LogP contribution >= 0.6 is 11.6 Å². The minimum atomic E-state index is -0.442. The molecular weight excluding hydrogens is 269 g/mol. The Labute approximate surface area is 112 Å². The number of nitrogens with zero attached hydrogens (tertiary/aromatic N) is 3. The molecular formula is C12H9ClFN5. The first-order valence-corrected chi connectivity index (χ1v) is 5.90. The first-order valence-electron chi connectivity index (χ1n) is 5.52. The summed E-state index contributed by atoms with van der Waals surface area (Å²) >= 11 is 5.75. The molecule has 0 aliphatic heterocycles. The summed E-state index contributed by atoms with van der Waals surface area (Å²) in [7, 11) is 0. The van der Waals surface area contributed by atoms with Gasteiger partial charge in [-0.05, 0) is 17.7 Å².